The number of hydrogen-bond donors (Lipinski definition) is 1. The highest BCUT2D eigenvalue weighted by atomic mass is 16.6. The zero-order valence-electron chi connectivity index (χ0n) is 46.0. The number of Topliss-reactive ketones (excluding diaryl/α,β-unsaturated/α-hetero) is 1. The van der Waals surface area contributed by atoms with Gasteiger partial charge in [-0.1, -0.05) is 24.3 Å². The Bertz CT molecular complexity index is 2820. The van der Waals surface area contributed by atoms with Crippen LogP contribution in [0.25, 0.3) is 0 Å². The van der Waals surface area contributed by atoms with E-state index in [1.54, 1.807) is 60.7 Å². The minimum Gasteiger partial charge on any atom is -0.493 e. The van der Waals surface area contributed by atoms with E-state index in [4.69, 9.17) is 47.9 Å². The van der Waals surface area contributed by atoms with Crippen LogP contribution in [0, 0.1) is 0 Å². The van der Waals surface area contributed by atoms with Crippen LogP contribution in [-0.4, -0.2) is 205 Å². The van der Waals surface area contributed by atoms with Crippen molar-refractivity contribution in [3.63, 3.8) is 0 Å². The number of hydrogen-bond acceptors (Lipinski definition) is 18. The van der Waals surface area contributed by atoms with Gasteiger partial charge in [-0.3, -0.25) is 48.6 Å². The van der Waals surface area contributed by atoms with E-state index in [2.05, 4.69) is 40.4 Å². The van der Waals surface area contributed by atoms with E-state index in [1.807, 2.05) is 6.07 Å². The number of fused-ring (bicyclic) bond motifs is 4. The molecule has 3 saturated heterocycles. The summed E-state index contributed by atoms with van der Waals surface area (Å²) in [6, 6.07) is 12.8. The minimum atomic E-state index is -0.414. The zero-order valence-corrected chi connectivity index (χ0v) is 46.0. The fourth-order valence-corrected chi connectivity index (χ4v) is 10.3. The molecule has 2 atom stereocenters. The number of imide groups is 1. The molecule has 6 aliphatic rings. The van der Waals surface area contributed by atoms with Crippen LogP contribution in [0.5, 0.6) is 23.0 Å². The molecule has 3 aromatic rings. The smallest absolute Gasteiger partial charge is 0.257 e. The molecule has 0 aromatic heterocycles. The SMILES string of the molecule is C=C1C[C@H]2C=Nc3cc(OCc4cc(COc5cc6c(cc5OC)C(=O)N5CC(=C)C[C@H]5C=N6)cc(N5CCN(CC(=O)CCOCCOCCOCCOCCNC(=O)CCN6C(=O)C=CC6=O)CC5)c4)c(OC)cc3C(=O)N2C1. The van der Waals surface area contributed by atoms with Gasteiger partial charge in [0.05, 0.1) is 108 Å². The van der Waals surface area contributed by atoms with E-state index in [9.17, 15) is 28.8 Å². The second-order valence-corrected chi connectivity index (χ2v) is 20.4. The van der Waals surface area contributed by atoms with Crippen LogP contribution in [0.3, 0.4) is 0 Å². The van der Waals surface area contributed by atoms with Crippen LogP contribution in [0.1, 0.15) is 57.5 Å². The Hall–Kier alpha value is -7.76. The molecule has 0 spiro atoms. The Balaban J connectivity index is 0.728. The third-order valence-electron chi connectivity index (χ3n) is 14.5. The first-order chi connectivity index (χ1) is 39.3. The third-order valence-corrected chi connectivity index (χ3v) is 14.5. The standard InChI is InChI=1S/C59H70N8O14/c1-39-23-44-32-61-49-30-53(51(74-3)28-47(49)58(72)66(44)34-39)80-37-41-25-42(38-81-54-31-50-48(29-52(54)75-4)59(73)67-35-40(2)24-45(67)33-62-50)27-43(26-41)64-13-11-63(12-14-64)36-46(68)8-15-76-17-19-78-21-22-79-20-18-77-16-9-60-55(69)7-10-65-56(70)5-6-57(65)71/h5-6,25-33,44-45H,1-2,7-24,34-38H2,3-4H3,(H,60,69)/t44-,45-/m0/s1. The summed E-state index contributed by atoms with van der Waals surface area (Å²) in [6.45, 7) is 15.5. The largest absolute Gasteiger partial charge is 0.493 e. The second-order valence-electron chi connectivity index (χ2n) is 20.4. The van der Waals surface area contributed by atoms with Gasteiger partial charge in [-0.25, -0.2) is 0 Å². The molecule has 6 aliphatic heterocycles. The number of aliphatic imine (C=N–C) groups is 2. The molecule has 81 heavy (non-hydrogen) atoms. The number of ether oxygens (including phenoxy) is 8. The molecule has 9 rings (SSSR count). The summed E-state index contributed by atoms with van der Waals surface area (Å²) in [5.41, 5.74) is 6.51. The summed E-state index contributed by atoms with van der Waals surface area (Å²) in [5, 5.41) is 2.69. The lowest BCUT2D eigenvalue weighted by Gasteiger charge is -2.36. The maximum atomic E-state index is 13.7. The van der Waals surface area contributed by atoms with Crippen LogP contribution in [0.4, 0.5) is 17.1 Å². The molecule has 1 N–H and O–H groups in total. The van der Waals surface area contributed by atoms with Crippen molar-refractivity contribution in [2.45, 2.75) is 51.0 Å². The number of nitrogens with zero attached hydrogens (tertiary/aromatic N) is 7. The van der Waals surface area contributed by atoms with Gasteiger partial charge in [0.2, 0.25) is 5.91 Å². The summed E-state index contributed by atoms with van der Waals surface area (Å²) in [5.74, 6) is 0.417. The monoisotopic (exact) mass is 1110 g/mol. The summed E-state index contributed by atoms with van der Waals surface area (Å²) in [6.07, 6.45) is 7.63. The van der Waals surface area contributed by atoms with Gasteiger partial charge in [0.1, 0.15) is 19.0 Å². The number of amides is 5. The summed E-state index contributed by atoms with van der Waals surface area (Å²) in [7, 11) is 3.08. The van der Waals surface area contributed by atoms with Crippen molar-refractivity contribution in [3.8, 4) is 23.0 Å². The number of carbonyl (C=O) groups is 6. The first-order valence-electron chi connectivity index (χ1n) is 27.3. The van der Waals surface area contributed by atoms with Crippen molar-refractivity contribution in [3.05, 3.63) is 101 Å². The fraction of sp³-hybridized carbons (Fsp3) is 0.458. The molecular formula is C59H70N8O14. The summed E-state index contributed by atoms with van der Waals surface area (Å²) >= 11 is 0. The van der Waals surface area contributed by atoms with Crippen LogP contribution < -0.4 is 29.2 Å². The average molecular weight is 1120 g/mol. The molecule has 3 aromatic carbocycles. The number of ketones is 1. The summed E-state index contributed by atoms with van der Waals surface area (Å²) < 4.78 is 46.8. The molecule has 3 fully saturated rings. The lowest BCUT2D eigenvalue weighted by molar-refractivity contribution is -0.137. The van der Waals surface area contributed by atoms with E-state index in [0.29, 0.717) is 164 Å². The maximum Gasteiger partial charge on any atom is 0.257 e. The van der Waals surface area contributed by atoms with Crippen molar-refractivity contribution in [1.82, 2.24) is 24.9 Å². The number of methoxy groups -OCH3 is 2. The predicted octanol–water partition coefficient (Wildman–Crippen LogP) is 4.41. The lowest BCUT2D eigenvalue weighted by Crippen LogP contribution is -2.48. The van der Waals surface area contributed by atoms with Gasteiger partial charge in [-0.05, 0) is 54.3 Å². The number of rotatable bonds is 29. The number of nitrogens with one attached hydrogen (secondary N) is 1. The highest BCUT2D eigenvalue weighted by molar-refractivity contribution is 6.13. The van der Waals surface area contributed by atoms with Gasteiger partial charge in [0, 0.05) is 108 Å². The fourth-order valence-electron chi connectivity index (χ4n) is 10.3. The molecule has 0 unspecified atom stereocenters. The van der Waals surface area contributed by atoms with Gasteiger partial charge in [-0.15, -0.1) is 0 Å². The third kappa shape index (κ3) is 15.0. The summed E-state index contributed by atoms with van der Waals surface area (Å²) in [4.78, 5) is 93.9. The minimum absolute atomic E-state index is 0.0252. The van der Waals surface area contributed by atoms with Gasteiger partial charge in [0.15, 0.2) is 23.0 Å². The Morgan fingerprint density at radius 2 is 1.10 bits per heavy atom. The van der Waals surface area contributed by atoms with Gasteiger partial charge in [-0.2, -0.15) is 0 Å². The molecular weight excluding hydrogens is 1040 g/mol. The highest BCUT2D eigenvalue weighted by Crippen LogP contribution is 2.41. The van der Waals surface area contributed by atoms with E-state index < -0.39 is 11.8 Å². The van der Waals surface area contributed by atoms with Gasteiger partial charge < -0.3 is 57.9 Å². The molecule has 0 saturated carbocycles. The molecule has 0 radical (unpaired) electrons. The average Bonchev–Trinajstić information content (AvgIpc) is 4.35. The normalized spacial score (nSPS) is 18.5. The number of benzene rings is 3. The van der Waals surface area contributed by atoms with Crippen LogP contribution >= 0.6 is 0 Å². The van der Waals surface area contributed by atoms with Gasteiger partial charge in [0.25, 0.3) is 23.6 Å². The molecule has 22 heteroatoms. The molecule has 0 aliphatic carbocycles. The second kappa shape index (κ2) is 27.6. The van der Waals surface area contributed by atoms with E-state index in [1.165, 1.54) is 12.2 Å². The molecule has 6 heterocycles. The number of carbonyl (C=O) groups excluding carboxylic acids is 6. The molecule has 430 valence electrons. The van der Waals surface area contributed by atoms with Crippen LogP contribution in [-0.2, 0) is 51.3 Å². The first kappa shape index (κ1) is 57.9. The number of anilines is 1. The quantitative estimate of drug-likeness (QED) is 0.0577. The zero-order chi connectivity index (χ0) is 56.8. The predicted molar refractivity (Wildman–Crippen MR) is 300 cm³/mol. The Morgan fingerprint density at radius 1 is 0.605 bits per heavy atom. The maximum absolute atomic E-state index is 13.7. The van der Waals surface area contributed by atoms with Crippen LogP contribution in [0.2, 0.25) is 0 Å². The topological polar surface area (TPSA) is 229 Å². The van der Waals surface area contributed by atoms with Gasteiger partial charge >= 0.3 is 0 Å². The van der Waals surface area contributed by atoms with Crippen LogP contribution in [0.15, 0.2) is 88.9 Å². The molecule has 5 amide bonds. The van der Waals surface area contributed by atoms with E-state index >= 15 is 0 Å². The highest BCUT2D eigenvalue weighted by Gasteiger charge is 2.36. The van der Waals surface area contributed by atoms with Crippen molar-refractivity contribution in [1.29, 1.82) is 0 Å². The van der Waals surface area contributed by atoms with Crippen molar-refractivity contribution in [2.24, 2.45) is 9.98 Å². The first-order valence-corrected chi connectivity index (χ1v) is 27.3. The van der Waals surface area contributed by atoms with Crippen molar-refractivity contribution >= 4 is 64.8 Å². The van der Waals surface area contributed by atoms with Crippen molar-refractivity contribution < 1.29 is 66.7 Å². The van der Waals surface area contributed by atoms with E-state index in [0.717, 1.165) is 32.9 Å². The van der Waals surface area contributed by atoms with Crippen molar-refractivity contribution in [2.75, 3.05) is 131 Å². The number of piperazine rings is 1. The lowest BCUT2D eigenvalue weighted by atomic mass is 10.1. The molecule has 22 nitrogen and oxygen atoms in total. The Morgan fingerprint density at radius 3 is 1.60 bits per heavy atom. The Labute approximate surface area is 470 Å². The Kier molecular flexibility index (Phi) is 19.7. The van der Waals surface area contributed by atoms with E-state index in [-0.39, 0.29) is 68.2 Å². The molecule has 0 bridgehead atoms.